The number of ether oxygens (including phenoxy) is 3. The average molecular weight is 305 g/mol. The summed E-state index contributed by atoms with van der Waals surface area (Å²) in [6.07, 6.45) is 2.62. The lowest BCUT2D eigenvalue weighted by atomic mass is 10.2. The van der Waals surface area contributed by atoms with E-state index in [0.717, 1.165) is 18.6 Å². The van der Waals surface area contributed by atoms with Gasteiger partial charge < -0.3 is 14.2 Å². The van der Waals surface area contributed by atoms with Crippen LogP contribution in [0.15, 0.2) is 42.1 Å². The van der Waals surface area contributed by atoms with Crippen LogP contribution >= 0.6 is 0 Å². The molecule has 1 saturated heterocycles. The Bertz CT molecular complexity index is 537. The van der Waals surface area contributed by atoms with E-state index in [-0.39, 0.29) is 18.4 Å². The van der Waals surface area contributed by atoms with Crippen molar-refractivity contribution in [1.82, 2.24) is 5.32 Å². The first-order valence-electron chi connectivity index (χ1n) is 7.07. The molecule has 0 aliphatic carbocycles. The van der Waals surface area contributed by atoms with E-state index >= 15 is 0 Å². The summed E-state index contributed by atoms with van der Waals surface area (Å²) in [7, 11) is 1.26. The fraction of sp³-hybridized carbons (Fsp3) is 0.375. The molecule has 1 aliphatic heterocycles. The Balaban J connectivity index is 1.82. The van der Waals surface area contributed by atoms with Gasteiger partial charge in [0.05, 0.1) is 19.8 Å². The average Bonchev–Trinajstić information content (AvgIpc) is 3.36. The molecule has 6 nitrogen and oxygen atoms in total. The van der Waals surface area contributed by atoms with Crippen LogP contribution in [-0.2, 0) is 25.6 Å². The van der Waals surface area contributed by atoms with Gasteiger partial charge in [-0.2, -0.15) is 0 Å². The fourth-order valence-corrected chi connectivity index (χ4v) is 1.81. The molecule has 118 valence electrons. The van der Waals surface area contributed by atoms with E-state index in [2.05, 4.69) is 10.1 Å². The van der Waals surface area contributed by atoms with Crippen LogP contribution in [0.3, 0.4) is 0 Å². The second-order valence-electron chi connectivity index (χ2n) is 4.83. The monoisotopic (exact) mass is 305 g/mol. The Kier molecular flexibility index (Phi) is 5.97. The van der Waals surface area contributed by atoms with Crippen molar-refractivity contribution < 1.29 is 23.8 Å². The minimum absolute atomic E-state index is 0.0845. The molecule has 1 fully saturated rings. The van der Waals surface area contributed by atoms with Crippen molar-refractivity contribution in [1.29, 1.82) is 0 Å². The largest absolute Gasteiger partial charge is 0.464 e. The zero-order valence-electron chi connectivity index (χ0n) is 12.4. The molecule has 1 N–H and O–H groups in total. The van der Waals surface area contributed by atoms with E-state index in [0.29, 0.717) is 6.42 Å². The fourth-order valence-electron chi connectivity index (χ4n) is 1.81. The van der Waals surface area contributed by atoms with Crippen LogP contribution in [0.4, 0.5) is 4.79 Å². The number of epoxide rings is 1. The summed E-state index contributed by atoms with van der Waals surface area (Å²) >= 11 is 0. The standard InChI is InChI=1S/C16H19NO5/c1-20-15(18)14(9-5-8-13-11-21-13)17-16(19)22-10-12-6-3-2-4-7-12/h2-4,6-7,9,13H,5,8,10-11H2,1H3,(H,17,19)/b14-9-. The second kappa shape index (κ2) is 8.19. The second-order valence-corrected chi connectivity index (χ2v) is 4.83. The predicted octanol–water partition coefficient (Wildman–Crippen LogP) is 2.15. The van der Waals surface area contributed by atoms with Crippen LogP contribution in [0.25, 0.3) is 0 Å². The number of hydrogen-bond acceptors (Lipinski definition) is 5. The highest BCUT2D eigenvalue weighted by atomic mass is 16.6. The molecule has 1 heterocycles. The van der Waals surface area contributed by atoms with Crippen molar-refractivity contribution in [3.63, 3.8) is 0 Å². The number of benzene rings is 1. The van der Waals surface area contributed by atoms with E-state index in [9.17, 15) is 9.59 Å². The van der Waals surface area contributed by atoms with Crippen LogP contribution in [0.5, 0.6) is 0 Å². The van der Waals surface area contributed by atoms with Crippen LogP contribution < -0.4 is 5.32 Å². The van der Waals surface area contributed by atoms with E-state index in [1.807, 2.05) is 30.3 Å². The number of rotatable bonds is 7. The molecule has 1 aromatic carbocycles. The number of carbonyl (C=O) groups excluding carboxylic acids is 2. The molecule has 1 unspecified atom stereocenters. The van der Waals surface area contributed by atoms with Crippen LogP contribution in [0.2, 0.25) is 0 Å². The zero-order chi connectivity index (χ0) is 15.8. The van der Waals surface area contributed by atoms with E-state index in [1.54, 1.807) is 6.08 Å². The predicted molar refractivity (Wildman–Crippen MR) is 78.8 cm³/mol. The molecular formula is C16H19NO5. The third-order valence-corrected chi connectivity index (χ3v) is 3.09. The summed E-state index contributed by atoms with van der Waals surface area (Å²) < 4.78 is 14.8. The summed E-state index contributed by atoms with van der Waals surface area (Å²) in [4.78, 5) is 23.4. The molecule has 2 rings (SSSR count). The zero-order valence-corrected chi connectivity index (χ0v) is 12.4. The maximum Gasteiger partial charge on any atom is 0.412 e. The normalized spacial score (nSPS) is 16.8. The highest BCUT2D eigenvalue weighted by molar-refractivity contribution is 5.92. The summed E-state index contributed by atoms with van der Waals surface area (Å²) in [5, 5.41) is 2.42. The summed E-state index contributed by atoms with van der Waals surface area (Å²) in [5.74, 6) is -0.603. The number of allylic oxidation sites excluding steroid dienone is 1. The number of hydrogen-bond donors (Lipinski definition) is 1. The molecule has 22 heavy (non-hydrogen) atoms. The van der Waals surface area contributed by atoms with Crippen molar-refractivity contribution >= 4 is 12.1 Å². The van der Waals surface area contributed by atoms with Crippen molar-refractivity contribution in [3.05, 3.63) is 47.7 Å². The maximum absolute atomic E-state index is 11.7. The molecule has 0 radical (unpaired) electrons. The SMILES string of the molecule is COC(=O)/C(=C/CCC1CO1)NC(=O)OCc1ccccc1. The van der Waals surface area contributed by atoms with E-state index in [1.165, 1.54) is 7.11 Å². The first-order valence-corrected chi connectivity index (χ1v) is 7.07. The number of nitrogens with one attached hydrogen (secondary N) is 1. The molecule has 0 saturated carbocycles. The van der Waals surface area contributed by atoms with Gasteiger partial charge in [0.25, 0.3) is 0 Å². The number of amides is 1. The van der Waals surface area contributed by atoms with Gasteiger partial charge in [-0.1, -0.05) is 36.4 Å². The van der Waals surface area contributed by atoms with Gasteiger partial charge >= 0.3 is 12.1 Å². The third-order valence-electron chi connectivity index (χ3n) is 3.09. The van der Waals surface area contributed by atoms with Crippen molar-refractivity contribution in [2.24, 2.45) is 0 Å². The number of alkyl carbamates (subject to hydrolysis) is 1. The van der Waals surface area contributed by atoms with E-state index in [4.69, 9.17) is 9.47 Å². The van der Waals surface area contributed by atoms with Crippen LogP contribution in [0.1, 0.15) is 18.4 Å². The highest BCUT2D eigenvalue weighted by Crippen LogP contribution is 2.16. The lowest BCUT2D eigenvalue weighted by Gasteiger charge is -2.09. The van der Waals surface area contributed by atoms with Crippen LogP contribution in [-0.4, -0.2) is 31.9 Å². The molecule has 1 aromatic rings. The minimum Gasteiger partial charge on any atom is -0.464 e. The molecule has 0 aromatic heterocycles. The Morgan fingerprint density at radius 1 is 1.36 bits per heavy atom. The Labute approximate surface area is 129 Å². The van der Waals surface area contributed by atoms with Gasteiger partial charge in [0.1, 0.15) is 12.3 Å². The lowest BCUT2D eigenvalue weighted by Crippen LogP contribution is -2.28. The molecular weight excluding hydrogens is 286 g/mol. The van der Waals surface area contributed by atoms with E-state index < -0.39 is 12.1 Å². The topological polar surface area (TPSA) is 77.2 Å². The first-order chi connectivity index (χ1) is 10.7. The van der Waals surface area contributed by atoms with Crippen molar-refractivity contribution in [2.75, 3.05) is 13.7 Å². The number of methoxy groups -OCH3 is 1. The molecule has 0 bridgehead atoms. The summed E-state index contributed by atoms with van der Waals surface area (Å²) in [5.41, 5.74) is 0.952. The summed E-state index contributed by atoms with van der Waals surface area (Å²) in [6, 6.07) is 9.29. The molecule has 0 spiro atoms. The third kappa shape index (κ3) is 5.57. The molecule has 1 atom stereocenters. The number of esters is 1. The van der Waals surface area contributed by atoms with Crippen molar-refractivity contribution in [3.8, 4) is 0 Å². The Hall–Kier alpha value is -2.34. The molecule has 6 heteroatoms. The minimum atomic E-state index is -0.692. The Morgan fingerprint density at radius 2 is 2.09 bits per heavy atom. The molecule has 1 amide bonds. The molecule has 1 aliphatic rings. The van der Waals surface area contributed by atoms with Gasteiger partial charge in [0.15, 0.2) is 0 Å². The summed E-state index contributed by atoms with van der Waals surface area (Å²) in [6.45, 7) is 0.894. The van der Waals surface area contributed by atoms with Gasteiger partial charge in [-0.15, -0.1) is 0 Å². The Morgan fingerprint density at radius 3 is 2.73 bits per heavy atom. The first kappa shape index (κ1) is 16.0. The van der Waals surface area contributed by atoms with Crippen molar-refractivity contribution in [2.45, 2.75) is 25.6 Å². The highest BCUT2D eigenvalue weighted by Gasteiger charge is 2.21. The van der Waals surface area contributed by atoms with Gasteiger partial charge in [0.2, 0.25) is 0 Å². The van der Waals surface area contributed by atoms with Gasteiger partial charge in [-0.25, -0.2) is 9.59 Å². The van der Waals surface area contributed by atoms with Gasteiger partial charge in [0, 0.05) is 0 Å². The van der Waals surface area contributed by atoms with Gasteiger partial charge in [-0.05, 0) is 18.4 Å². The lowest BCUT2D eigenvalue weighted by molar-refractivity contribution is -0.136. The maximum atomic E-state index is 11.7. The number of carbonyl (C=O) groups is 2. The smallest absolute Gasteiger partial charge is 0.412 e. The quantitative estimate of drug-likeness (QED) is 0.474. The van der Waals surface area contributed by atoms with Gasteiger partial charge in [-0.3, -0.25) is 5.32 Å². The van der Waals surface area contributed by atoms with Crippen LogP contribution in [0, 0.1) is 0 Å².